The van der Waals surface area contributed by atoms with Crippen LogP contribution < -0.4 is 10.6 Å². The predicted octanol–water partition coefficient (Wildman–Crippen LogP) is 3.26. The van der Waals surface area contributed by atoms with E-state index in [2.05, 4.69) is 59.2 Å². The summed E-state index contributed by atoms with van der Waals surface area (Å²) >= 11 is 0. The van der Waals surface area contributed by atoms with Gasteiger partial charge in [0.25, 0.3) is 5.91 Å². The number of rotatable bonds is 7. The second-order valence-corrected chi connectivity index (χ2v) is 5.07. The molecule has 120 valence electrons. The minimum atomic E-state index is -0.241. The Hall–Kier alpha value is -2.69. The van der Waals surface area contributed by atoms with Crippen LogP contribution in [-0.2, 0) is 12.8 Å². The van der Waals surface area contributed by atoms with Gasteiger partial charge in [-0.1, -0.05) is 38.1 Å². The first-order chi connectivity index (χ1) is 11.2. The molecule has 0 bridgehead atoms. The quantitative estimate of drug-likeness (QED) is 0.770. The first-order valence-corrected chi connectivity index (χ1v) is 7.78. The highest BCUT2D eigenvalue weighted by Gasteiger charge is 2.10. The molecule has 0 spiro atoms. The van der Waals surface area contributed by atoms with Crippen molar-refractivity contribution < 1.29 is 4.79 Å². The molecule has 2 aromatic rings. The van der Waals surface area contributed by atoms with Gasteiger partial charge in [-0.2, -0.15) is 0 Å². The van der Waals surface area contributed by atoms with E-state index in [0.29, 0.717) is 18.1 Å². The number of carbonyl (C=O) groups excluding carboxylic acids is 1. The Bertz CT molecular complexity index is 675. The number of anilines is 2. The average molecular weight is 310 g/mol. The summed E-state index contributed by atoms with van der Waals surface area (Å²) in [6.07, 6.45) is 4.87. The number of hydrogen-bond donors (Lipinski definition) is 2. The second kappa shape index (κ2) is 8.08. The van der Waals surface area contributed by atoms with Crippen LogP contribution >= 0.6 is 0 Å². The highest BCUT2D eigenvalue weighted by atomic mass is 16.1. The molecular weight excluding hydrogens is 288 g/mol. The van der Waals surface area contributed by atoms with Gasteiger partial charge in [0.15, 0.2) is 0 Å². The fraction of sp³-hybridized carbons (Fsp3) is 0.278. The monoisotopic (exact) mass is 310 g/mol. The van der Waals surface area contributed by atoms with Gasteiger partial charge in [0.05, 0.1) is 0 Å². The van der Waals surface area contributed by atoms with Crippen molar-refractivity contribution in [2.75, 3.05) is 11.9 Å². The lowest BCUT2D eigenvalue weighted by Crippen LogP contribution is -2.24. The lowest BCUT2D eigenvalue weighted by molar-refractivity contribution is 0.0953. The van der Waals surface area contributed by atoms with Gasteiger partial charge in [-0.05, 0) is 24.0 Å². The first kappa shape index (κ1) is 16.7. The summed E-state index contributed by atoms with van der Waals surface area (Å²) in [4.78, 5) is 20.2. The van der Waals surface area contributed by atoms with Gasteiger partial charge in [0.1, 0.15) is 17.8 Å². The van der Waals surface area contributed by atoms with Crippen molar-refractivity contribution in [1.82, 2.24) is 15.3 Å². The zero-order valence-electron chi connectivity index (χ0n) is 13.6. The zero-order valence-corrected chi connectivity index (χ0v) is 13.6. The van der Waals surface area contributed by atoms with Crippen LogP contribution in [0.2, 0.25) is 0 Å². The number of para-hydroxylation sites is 1. The maximum atomic E-state index is 12.0. The third-order valence-corrected chi connectivity index (χ3v) is 3.56. The minimum absolute atomic E-state index is 0.241. The number of nitrogens with one attached hydrogen (secondary N) is 2. The van der Waals surface area contributed by atoms with E-state index in [1.54, 1.807) is 12.1 Å². The molecule has 0 radical (unpaired) electrons. The Labute approximate surface area is 136 Å². The molecule has 1 heterocycles. The van der Waals surface area contributed by atoms with E-state index < -0.39 is 0 Å². The number of aromatic nitrogens is 2. The summed E-state index contributed by atoms with van der Waals surface area (Å²) in [5.41, 5.74) is 3.84. The molecule has 0 aliphatic heterocycles. The molecule has 5 heteroatoms. The van der Waals surface area contributed by atoms with Gasteiger partial charge in [-0.25, -0.2) is 9.97 Å². The van der Waals surface area contributed by atoms with Gasteiger partial charge < -0.3 is 10.6 Å². The lowest BCUT2D eigenvalue weighted by atomic mass is 10.0. The Kier molecular flexibility index (Phi) is 5.86. The number of aryl methyl sites for hydroxylation is 2. The molecule has 1 aromatic carbocycles. The van der Waals surface area contributed by atoms with Crippen molar-refractivity contribution in [3.8, 4) is 0 Å². The van der Waals surface area contributed by atoms with E-state index in [-0.39, 0.29) is 5.91 Å². The van der Waals surface area contributed by atoms with Crippen LogP contribution in [0, 0.1) is 0 Å². The normalized spacial score (nSPS) is 10.2. The van der Waals surface area contributed by atoms with Gasteiger partial charge in [-0.15, -0.1) is 6.58 Å². The largest absolute Gasteiger partial charge is 0.347 e. The van der Waals surface area contributed by atoms with E-state index in [0.717, 1.165) is 18.5 Å². The van der Waals surface area contributed by atoms with Crippen molar-refractivity contribution in [1.29, 1.82) is 0 Å². The Balaban J connectivity index is 2.27. The Morgan fingerprint density at radius 2 is 1.91 bits per heavy atom. The summed E-state index contributed by atoms with van der Waals surface area (Å²) in [5.74, 6) is 0.370. The summed E-state index contributed by atoms with van der Waals surface area (Å²) in [6, 6.07) is 7.92. The van der Waals surface area contributed by atoms with E-state index in [1.807, 2.05) is 0 Å². The van der Waals surface area contributed by atoms with Crippen molar-refractivity contribution in [2.45, 2.75) is 26.7 Å². The molecule has 1 aromatic heterocycles. The molecule has 0 atom stereocenters. The Morgan fingerprint density at radius 3 is 2.52 bits per heavy atom. The number of hydrogen-bond acceptors (Lipinski definition) is 4. The third kappa shape index (κ3) is 4.16. The van der Waals surface area contributed by atoms with Gasteiger partial charge in [0.2, 0.25) is 0 Å². The molecule has 23 heavy (non-hydrogen) atoms. The molecule has 0 saturated heterocycles. The fourth-order valence-corrected chi connectivity index (χ4v) is 2.34. The van der Waals surface area contributed by atoms with Crippen LogP contribution in [0.1, 0.15) is 35.5 Å². The molecule has 1 amide bonds. The van der Waals surface area contributed by atoms with Crippen molar-refractivity contribution >= 4 is 17.4 Å². The molecule has 2 rings (SSSR count). The minimum Gasteiger partial charge on any atom is -0.347 e. The van der Waals surface area contributed by atoms with Crippen LogP contribution in [0.15, 0.2) is 43.2 Å². The predicted molar refractivity (Wildman–Crippen MR) is 93.0 cm³/mol. The van der Waals surface area contributed by atoms with Gasteiger partial charge >= 0.3 is 0 Å². The number of benzene rings is 1. The number of carbonyl (C=O) groups is 1. The van der Waals surface area contributed by atoms with E-state index in [1.165, 1.54) is 17.5 Å². The molecular formula is C18H22N4O. The topological polar surface area (TPSA) is 66.9 Å². The van der Waals surface area contributed by atoms with Crippen molar-refractivity contribution in [2.24, 2.45) is 0 Å². The highest BCUT2D eigenvalue weighted by Crippen LogP contribution is 2.25. The standard InChI is InChI=1S/C18H22N4O/c1-4-10-19-18(23)15-11-16(21-12-20-15)22-17-13(5-2)8-7-9-14(17)6-3/h4,7-9,11-12H,1,5-6,10H2,2-3H3,(H,19,23)(H,20,21,22). The molecule has 2 N–H and O–H groups in total. The Morgan fingerprint density at radius 1 is 1.22 bits per heavy atom. The summed E-state index contributed by atoms with van der Waals surface area (Å²) in [7, 11) is 0. The molecule has 0 unspecified atom stereocenters. The van der Waals surface area contributed by atoms with Crippen LogP contribution in [0.5, 0.6) is 0 Å². The van der Waals surface area contributed by atoms with Crippen LogP contribution in [0.3, 0.4) is 0 Å². The number of amides is 1. The smallest absolute Gasteiger partial charge is 0.270 e. The van der Waals surface area contributed by atoms with E-state index >= 15 is 0 Å². The zero-order chi connectivity index (χ0) is 16.7. The summed E-state index contributed by atoms with van der Waals surface area (Å²) in [6.45, 7) is 8.22. The van der Waals surface area contributed by atoms with Crippen LogP contribution in [-0.4, -0.2) is 22.4 Å². The molecule has 0 saturated carbocycles. The number of nitrogens with zero attached hydrogens (tertiary/aromatic N) is 2. The third-order valence-electron chi connectivity index (χ3n) is 3.56. The van der Waals surface area contributed by atoms with Crippen molar-refractivity contribution in [3.63, 3.8) is 0 Å². The summed E-state index contributed by atoms with van der Waals surface area (Å²) < 4.78 is 0. The molecule has 5 nitrogen and oxygen atoms in total. The average Bonchev–Trinajstić information content (AvgIpc) is 2.60. The van der Waals surface area contributed by atoms with E-state index in [4.69, 9.17) is 0 Å². The molecule has 0 fully saturated rings. The lowest BCUT2D eigenvalue weighted by Gasteiger charge is -2.15. The molecule has 0 aliphatic rings. The van der Waals surface area contributed by atoms with Crippen LogP contribution in [0.4, 0.5) is 11.5 Å². The van der Waals surface area contributed by atoms with Crippen LogP contribution in [0.25, 0.3) is 0 Å². The van der Waals surface area contributed by atoms with Gasteiger partial charge in [0, 0.05) is 18.3 Å². The summed E-state index contributed by atoms with van der Waals surface area (Å²) in [5, 5.41) is 6.05. The van der Waals surface area contributed by atoms with E-state index in [9.17, 15) is 4.79 Å². The van der Waals surface area contributed by atoms with Crippen molar-refractivity contribution in [3.05, 3.63) is 60.1 Å². The fourth-order valence-electron chi connectivity index (χ4n) is 2.34. The van der Waals surface area contributed by atoms with Gasteiger partial charge in [-0.3, -0.25) is 4.79 Å². The second-order valence-electron chi connectivity index (χ2n) is 5.07. The SMILES string of the molecule is C=CCNC(=O)c1cc(Nc2c(CC)cccc2CC)ncn1. The molecule has 0 aliphatic carbocycles. The first-order valence-electron chi connectivity index (χ1n) is 7.78. The highest BCUT2D eigenvalue weighted by molar-refractivity contribution is 5.93. The maximum absolute atomic E-state index is 12.0. The maximum Gasteiger partial charge on any atom is 0.270 e.